The van der Waals surface area contributed by atoms with Crippen molar-refractivity contribution in [3.05, 3.63) is 63.9 Å². The van der Waals surface area contributed by atoms with Crippen molar-refractivity contribution < 1.29 is 23.8 Å². The van der Waals surface area contributed by atoms with E-state index in [1.54, 1.807) is 36.4 Å². The number of carbonyl (C=O) groups is 2. The number of thioether (sulfide) groups is 1. The summed E-state index contributed by atoms with van der Waals surface area (Å²) in [5.74, 6) is -1.27. The molecule has 2 aromatic carbocycles. The topological polar surface area (TPSA) is 100 Å². The van der Waals surface area contributed by atoms with E-state index in [-0.39, 0.29) is 24.0 Å². The molecule has 1 fully saturated rings. The molecular formula is C19H15BrFN3O4S. The highest BCUT2D eigenvalue weighted by molar-refractivity contribution is 9.10. The van der Waals surface area contributed by atoms with Gasteiger partial charge in [-0.05, 0) is 29.8 Å². The number of benzene rings is 2. The molecule has 0 bridgehead atoms. The fourth-order valence-corrected chi connectivity index (χ4v) is 3.63. The molecule has 1 heterocycles. The minimum atomic E-state index is -1.05. The third kappa shape index (κ3) is 6.13. The summed E-state index contributed by atoms with van der Waals surface area (Å²) in [4.78, 5) is 22.4. The van der Waals surface area contributed by atoms with E-state index in [1.165, 1.54) is 12.3 Å². The number of amides is 1. The minimum absolute atomic E-state index is 0.0790. The molecule has 1 amide bonds. The minimum Gasteiger partial charge on any atom is -0.489 e. The highest BCUT2D eigenvalue weighted by Gasteiger charge is 2.32. The van der Waals surface area contributed by atoms with Gasteiger partial charge < -0.3 is 15.2 Å². The Labute approximate surface area is 178 Å². The number of carboxylic acids is 1. The fraction of sp³-hybridized carbons (Fsp3) is 0.158. The smallest absolute Gasteiger partial charge is 0.305 e. The maximum absolute atomic E-state index is 13.9. The van der Waals surface area contributed by atoms with Crippen LogP contribution in [0.15, 0.2) is 57.1 Å². The van der Waals surface area contributed by atoms with E-state index in [4.69, 9.17) is 9.84 Å². The number of carboxylic acid groups (broad SMARTS) is 1. The average molecular weight is 480 g/mol. The van der Waals surface area contributed by atoms with Crippen molar-refractivity contribution in [1.82, 2.24) is 5.32 Å². The Bertz CT molecular complexity index is 999. The van der Waals surface area contributed by atoms with Crippen LogP contribution in [0.2, 0.25) is 0 Å². The number of amidine groups is 1. The summed E-state index contributed by atoms with van der Waals surface area (Å²) >= 11 is 4.24. The molecule has 0 saturated carbocycles. The van der Waals surface area contributed by atoms with Gasteiger partial charge in [-0.2, -0.15) is 5.10 Å². The molecule has 3 rings (SSSR count). The van der Waals surface area contributed by atoms with Crippen LogP contribution in [0.25, 0.3) is 0 Å². The number of ether oxygens (including phenoxy) is 1. The average Bonchev–Trinajstić information content (AvgIpc) is 3.00. The zero-order chi connectivity index (χ0) is 20.8. The fourth-order valence-electron chi connectivity index (χ4n) is 2.38. The molecule has 10 heteroatoms. The van der Waals surface area contributed by atoms with Gasteiger partial charge in [-0.3, -0.25) is 9.59 Å². The Morgan fingerprint density at radius 3 is 2.93 bits per heavy atom. The van der Waals surface area contributed by atoms with Crippen LogP contribution in [0.1, 0.15) is 17.5 Å². The van der Waals surface area contributed by atoms with E-state index in [0.717, 1.165) is 11.8 Å². The van der Waals surface area contributed by atoms with Crippen LogP contribution in [0, 0.1) is 5.82 Å². The molecule has 1 atom stereocenters. The van der Waals surface area contributed by atoms with Gasteiger partial charge in [0.1, 0.15) is 23.4 Å². The summed E-state index contributed by atoms with van der Waals surface area (Å²) in [6.07, 6.45) is 1.19. The van der Waals surface area contributed by atoms with Crippen molar-refractivity contribution in [2.45, 2.75) is 18.3 Å². The molecular weight excluding hydrogens is 465 g/mol. The van der Waals surface area contributed by atoms with Crippen LogP contribution in [-0.2, 0) is 16.2 Å². The van der Waals surface area contributed by atoms with Crippen molar-refractivity contribution in [2.24, 2.45) is 10.2 Å². The van der Waals surface area contributed by atoms with Crippen LogP contribution in [0.4, 0.5) is 4.39 Å². The van der Waals surface area contributed by atoms with Crippen molar-refractivity contribution in [3.8, 4) is 5.75 Å². The largest absolute Gasteiger partial charge is 0.489 e. The first-order chi connectivity index (χ1) is 13.9. The lowest BCUT2D eigenvalue weighted by molar-refractivity contribution is -0.138. The highest BCUT2D eigenvalue weighted by atomic mass is 79.9. The van der Waals surface area contributed by atoms with Gasteiger partial charge in [0.15, 0.2) is 5.17 Å². The summed E-state index contributed by atoms with van der Waals surface area (Å²) < 4.78 is 20.1. The molecule has 0 spiro atoms. The van der Waals surface area contributed by atoms with E-state index >= 15 is 0 Å². The van der Waals surface area contributed by atoms with Crippen LogP contribution >= 0.6 is 27.7 Å². The number of rotatable bonds is 7. The van der Waals surface area contributed by atoms with Crippen molar-refractivity contribution in [1.29, 1.82) is 0 Å². The molecule has 0 radical (unpaired) electrons. The maximum Gasteiger partial charge on any atom is 0.305 e. The Balaban J connectivity index is 1.59. The van der Waals surface area contributed by atoms with Gasteiger partial charge in [0.2, 0.25) is 5.91 Å². The van der Waals surface area contributed by atoms with Gasteiger partial charge in [0.05, 0.1) is 12.6 Å². The highest BCUT2D eigenvalue weighted by Crippen LogP contribution is 2.22. The zero-order valence-electron chi connectivity index (χ0n) is 14.8. The lowest BCUT2D eigenvalue weighted by Gasteiger charge is -2.08. The normalized spacial score (nSPS) is 17.7. The molecule has 2 aromatic rings. The van der Waals surface area contributed by atoms with E-state index in [2.05, 4.69) is 31.4 Å². The first-order valence-electron chi connectivity index (χ1n) is 8.38. The van der Waals surface area contributed by atoms with Crippen LogP contribution in [0.5, 0.6) is 5.75 Å². The quantitative estimate of drug-likeness (QED) is 0.467. The number of hydrogen-bond donors (Lipinski definition) is 2. The maximum atomic E-state index is 13.9. The molecule has 150 valence electrons. The van der Waals surface area contributed by atoms with Crippen LogP contribution < -0.4 is 10.1 Å². The Morgan fingerprint density at radius 2 is 2.17 bits per heavy atom. The van der Waals surface area contributed by atoms with Crippen LogP contribution in [0.3, 0.4) is 0 Å². The molecule has 1 aliphatic heterocycles. The third-order valence-corrected chi connectivity index (χ3v) is 5.32. The summed E-state index contributed by atoms with van der Waals surface area (Å²) in [5, 5.41) is 18.6. The number of carbonyl (C=O) groups excluding carboxylic acids is 1. The predicted molar refractivity (Wildman–Crippen MR) is 112 cm³/mol. The Hall–Kier alpha value is -2.72. The molecule has 1 unspecified atom stereocenters. The van der Waals surface area contributed by atoms with Crippen LogP contribution in [-0.4, -0.2) is 33.6 Å². The number of halogens is 2. The number of nitrogens with zero attached hydrogens (tertiary/aromatic N) is 2. The Kier molecular flexibility index (Phi) is 6.99. The van der Waals surface area contributed by atoms with E-state index in [0.29, 0.717) is 21.3 Å². The predicted octanol–water partition coefficient (Wildman–Crippen LogP) is 3.56. The second kappa shape index (κ2) is 9.66. The molecule has 1 aliphatic rings. The first-order valence-corrected chi connectivity index (χ1v) is 10.0. The first kappa shape index (κ1) is 21.0. The van der Waals surface area contributed by atoms with Crippen molar-refractivity contribution in [2.75, 3.05) is 0 Å². The Morgan fingerprint density at radius 1 is 1.34 bits per heavy atom. The second-order valence-corrected chi connectivity index (χ2v) is 8.05. The monoisotopic (exact) mass is 479 g/mol. The van der Waals surface area contributed by atoms with Gasteiger partial charge >= 0.3 is 5.97 Å². The lowest BCUT2D eigenvalue weighted by atomic mass is 10.2. The summed E-state index contributed by atoms with van der Waals surface area (Å²) in [6.45, 7) is 0.0790. The van der Waals surface area contributed by atoms with Gasteiger partial charge in [0, 0.05) is 10.0 Å². The summed E-state index contributed by atoms with van der Waals surface area (Å²) in [6, 6.07) is 11.8. The SMILES string of the molecule is O=C(O)CC1SC(=NN=Cc2cccc(OCc3ccc(Br)cc3F)c2)NC1=O. The summed E-state index contributed by atoms with van der Waals surface area (Å²) in [7, 11) is 0. The molecule has 29 heavy (non-hydrogen) atoms. The second-order valence-electron chi connectivity index (χ2n) is 5.94. The van der Waals surface area contributed by atoms with Gasteiger partial charge in [-0.25, -0.2) is 4.39 Å². The van der Waals surface area contributed by atoms with Crippen molar-refractivity contribution >= 4 is 51.0 Å². The third-order valence-electron chi connectivity index (χ3n) is 3.76. The van der Waals surface area contributed by atoms with Crippen molar-refractivity contribution in [3.63, 3.8) is 0 Å². The number of hydrogen-bond acceptors (Lipinski definition) is 6. The van der Waals surface area contributed by atoms with Gasteiger partial charge in [-0.15, -0.1) is 5.10 Å². The molecule has 0 aromatic heterocycles. The number of aliphatic carboxylic acids is 1. The summed E-state index contributed by atoms with van der Waals surface area (Å²) in [5.41, 5.74) is 1.13. The van der Waals surface area contributed by atoms with E-state index < -0.39 is 17.1 Å². The van der Waals surface area contributed by atoms with E-state index in [9.17, 15) is 14.0 Å². The number of nitrogens with one attached hydrogen (secondary N) is 1. The zero-order valence-corrected chi connectivity index (χ0v) is 17.2. The molecule has 7 nitrogen and oxygen atoms in total. The molecule has 2 N–H and O–H groups in total. The van der Waals surface area contributed by atoms with E-state index in [1.807, 2.05) is 0 Å². The lowest BCUT2D eigenvalue weighted by Crippen LogP contribution is -2.26. The van der Waals surface area contributed by atoms with Gasteiger partial charge in [0.25, 0.3) is 0 Å². The molecule has 1 saturated heterocycles. The molecule has 0 aliphatic carbocycles. The standard InChI is InChI=1S/C19H15BrFN3O4S/c20-13-5-4-12(15(21)7-13)10-28-14-3-1-2-11(6-14)9-22-24-19-23-18(27)16(29-19)8-17(25)26/h1-7,9,16H,8,10H2,(H,25,26)(H,23,24,27). The van der Waals surface area contributed by atoms with Gasteiger partial charge in [-0.1, -0.05) is 45.9 Å².